The fraction of sp³-hybridized carbons (Fsp3) is 0.364. The number of ether oxygens (including phenoxy) is 1. The van der Waals surface area contributed by atoms with E-state index in [0.29, 0.717) is 62.3 Å². The van der Waals surface area contributed by atoms with Gasteiger partial charge in [-0.1, -0.05) is 23.7 Å². The molecule has 31 heavy (non-hydrogen) atoms. The van der Waals surface area contributed by atoms with Crippen LogP contribution in [0.5, 0.6) is 0 Å². The van der Waals surface area contributed by atoms with E-state index in [4.69, 9.17) is 16.3 Å². The van der Waals surface area contributed by atoms with Crippen LogP contribution < -0.4 is 15.1 Å². The van der Waals surface area contributed by atoms with Gasteiger partial charge in [0.25, 0.3) is 0 Å². The molecule has 0 aliphatic carbocycles. The lowest BCUT2D eigenvalue weighted by atomic mass is 10.2. The Balaban J connectivity index is 1.34. The summed E-state index contributed by atoms with van der Waals surface area (Å²) >= 11 is 5.95. The summed E-state index contributed by atoms with van der Waals surface area (Å²) in [6.07, 6.45) is 0. The van der Waals surface area contributed by atoms with E-state index in [1.807, 2.05) is 17.0 Å². The quantitative estimate of drug-likeness (QED) is 0.741. The molecule has 2 aromatic carbocycles. The van der Waals surface area contributed by atoms with E-state index in [-0.39, 0.29) is 24.3 Å². The average Bonchev–Trinajstić information content (AvgIpc) is 3.13. The van der Waals surface area contributed by atoms with Gasteiger partial charge in [-0.25, -0.2) is 9.18 Å². The van der Waals surface area contributed by atoms with E-state index in [1.165, 1.54) is 15.9 Å². The van der Waals surface area contributed by atoms with Crippen LogP contribution in [0.15, 0.2) is 42.5 Å². The third-order valence-electron chi connectivity index (χ3n) is 5.40. The van der Waals surface area contributed by atoms with Crippen LogP contribution in [0.1, 0.15) is 5.56 Å². The van der Waals surface area contributed by atoms with Gasteiger partial charge in [-0.2, -0.15) is 0 Å². The van der Waals surface area contributed by atoms with E-state index in [2.05, 4.69) is 5.32 Å². The molecule has 0 bridgehead atoms. The van der Waals surface area contributed by atoms with Crippen LogP contribution >= 0.6 is 11.6 Å². The normalized spacial score (nSPS) is 16.7. The van der Waals surface area contributed by atoms with Crippen LogP contribution in [0.25, 0.3) is 0 Å². The summed E-state index contributed by atoms with van der Waals surface area (Å²) < 4.78 is 20.0. The standard InChI is InChI=1S/C22H24ClFN4O3/c23-17-3-1-2-16(12-17)14-25-21(29)15-27-6-7-28(22(27)30)18-4-5-20(19(24)13-18)26-8-10-31-11-9-26/h1-5,12-13H,6-11,14-15H2,(H,25,29). The fourth-order valence-corrected chi connectivity index (χ4v) is 3.98. The second kappa shape index (κ2) is 9.53. The zero-order chi connectivity index (χ0) is 21.8. The van der Waals surface area contributed by atoms with Crippen LogP contribution in [0.2, 0.25) is 5.02 Å². The minimum absolute atomic E-state index is 0.0513. The lowest BCUT2D eigenvalue weighted by Crippen LogP contribution is -2.39. The molecule has 0 radical (unpaired) electrons. The van der Waals surface area contributed by atoms with Crippen molar-refractivity contribution in [1.29, 1.82) is 0 Å². The second-order valence-electron chi connectivity index (χ2n) is 7.50. The Morgan fingerprint density at radius 1 is 1.10 bits per heavy atom. The van der Waals surface area contributed by atoms with E-state index in [0.717, 1.165) is 5.56 Å². The van der Waals surface area contributed by atoms with E-state index in [9.17, 15) is 14.0 Å². The molecule has 2 aliphatic rings. The number of halogens is 2. The number of anilines is 2. The maximum atomic E-state index is 14.7. The Morgan fingerprint density at radius 2 is 1.90 bits per heavy atom. The van der Waals surface area contributed by atoms with Gasteiger partial charge in [0.05, 0.1) is 18.9 Å². The van der Waals surface area contributed by atoms with Gasteiger partial charge in [0.1, 0.15) is 12.4 Å². The van der Waals surface area contributed by atoms with Crippen molar-refractivity contribution in [2.45, 2.75) is 6.54 Å². The van der Waals surface area contributed by atoms with Crippen LogP contribution in [0.3, 0.4) is 0 Å². The Bertz CT molecular complexity index is 968. The molecule has 1 N–H and O–H groups in total. The number of carbonyl (C=O) groups excluding carboxylic acids is 2. The van der Waals surface area contributed by atoms with Gasteiger partial charge in [-0.05, 0) is 35.9 Å². The summed E-state index contributed by atoms with van der Waals surface area (Å²) in [5.74, 6) is -0.631. The molecule has 2 aliphatic heterocycles. The minimum atomic E-state index is -0.370. The Hall–Kier alpha value is -2.84. The molecular weight excluding hydrogens is 423 g/mol. The number of nitrogens with zero attached hydrogens (tertiary/aromatic N) is 3. The van der Waals surface area contributed by atoms with Crippen molar-refractivity contribution in [1.82, 2.24) is 10.2 Å². The smallest absolute Gasteiger partial charge is 0.325 e. The molecule has 2 saturated heterocycles. The van der Waals surface area contributed by atoms with Crippen LogP contribution in [-0.2, 0) is 16.1 Å². The van der Waals surface area contributed by atoms with Crippen molar-refractivity contribution in [2.75, 3.05) is 55.7 Å². The summed E-state index contributed by atoms with van der Waals surface area (Å²) in [4.78, 5) is 29.9. The molecule has 2 aromatic rings. The number of morpholine rings is 1. The molecule has 3 amide bonds. The lowest BCUT2D eigenvalue weighted by molar-refractivity contribution is -0.121. The molecule has 164 valence electrons. The number of carbonyl (C=O) groups is 2. The van der Waals surface area contributed by atoms with Crippen molar-refractivity contribution in [3.63, 3.8) is 0 Å². The first-order chi connectivity index (χ1) is 15.0. The SMILES string of the molecule is O=C(CN1CCN(c2ccc(N3CCOCC3)c(F)c2)C1=O)NCc1cccc(Cl)c1. The number of hydrogen-bond donors (Lipinski definition) is 1. The maximum Gasteiger partial charge on any atom is 0.325 e. The number of urea groups is 1. The van der Waals surface area contributed by atoms with Crippen molar-refractivity contribution < 1.29 is 18.7 Å². The summed E-state index contributed by atoms with van der Waals surface area (Å²) in [5, 5.41) is 3.40. The van der Waals surface area contributed by atoms with Gasteiger partial charge >= 0.3 is 6.03 Å². The Labute approximate surface area is 185 Å². The molecule has 0 saturated carbocycles. The highest BCUT2D eigenvalue weighted by molar-refractivity contribution is 6.30. The zero-order valence-electron chi connectivity index (χ0n) is 17.0. The molecule has 0 unspecified atom stereocenters. The molecule has 7 nitrogen and oxygen atoms in total. The number of benzene rings is 2. The van der Waals surface area contributed by atoms with E-state index in [1.54, 1.807) is 24.3 Å². The first-order valence-corrected chi connectivity index (χ1v) is 10.6. The summed E-state index contributed by atoms with van der Waals surface area (Å²) in [7, 11) is 0. The fourth-order valence-electron chi connectivity index (χ4n) is 3.77. The number of amides is 3. The molecule has 0 atom stereocenters. The molecule has 0 spiro atoms. The summed E-state index contributed by atoms with van der Waals surface area (Å²) in [5.41, 5.74) is 1.88. The zero-order valence-corrected chi connectivity index (χ0v) is 17.8. The molecule has 2 fully saturated rings. The van der Waals surface area contributed by atoms with Crippen LogP contribution in [0, 0.1) is 5.82 Å². The minimum Gasteiger partial charge on any atom is -0.378 e. The van der Waals surface area contributed by atoms with Gasteiger partial charge in [-0.15, -0.1) is 0 Å². The van der Waals surface area contributed by atoms with E-state index >= 15 is 0 Å². The third kappa shape index (κ3) is 5.08. The highest BCUT2D eigenvalue weighted by Gasteiger charge is 2.31. The molecule has 2 heterocycles. The maximum absolute atomic E-state index is 14.7. The van der Waals surface area contributed by atoms with Gasteiger partial charge < -0.3 is 19.9 Å². The number of rotatable bonds is 6. The molecule has 4 rings (SSSR count). The number of nitrogens with one attached hydrogen (secondary N) is 1. The first-order valence-electron chi connectivity index (χ1n) is 10.2. The van der Waals surface area contributed by atoms with Crippen molar-refractivity contribution in [3.8, 4) is 0 Å². The Morgan fingerprint density at radius 3 is 2.65 bits per heavy atom. The number of hydrogen-bond acceptors (Lipinski definition) is 4. The average molecular weight is 447 g/mol. The predicted octanol–water partition coefficient (Wildman–Crippen LogP) is 2.87. The monoisotopic (exact) mass is 446 g/mol. The largest absolute Gasteiger partial charge is 0.378 e. The predicted molar refractivity (Wildman–Crippen MR) is 117 cm³/mol. The molecule has 0 aromatic heterocycles. The van der Waals surface area contributed by atoms with Gasteiger partial charge in [0.2, 0.25) is 5.91 Å². The molecule has 9 heteroatoms. The summed E-state index contributed by atoms with van der Waals surface area (Å²) in [6.45, 7) is 3.49. The van der Waals surface area contributed by atoms with Crippen molar-refractivity contribution >= 4 is 34.9 Å². The highest BCUT2D eigenvalue weighted by atomic mass is 35.5. The van der Waals surface area contributed by atoms with Gasteiger partial charge in [0.15, 0.2) is 0 Å². The molecular formula is C22H24ClFN4O3. The topological polar surface area (TPSA) is 65.1 Å². The third-order valence-corrected chi connectivity index (χ3v) is 5.64. The van der Waals surface area contributed by atoms with Crippen LogP contribution in [0.4, 0.5) is 20.6 Å². The van der Waals surface area contributed by atoms with Crippen molar-refractivity contribution in [2.24, 2.45) is 0 Å². The summed E-state index contributed by atoms with van der Waals surface area (Å²) in [6, 6.07) is 11.7. The highest BCUT2D eigenvalue weighted by Crippen LogP contribution is 2.27. The van der Waals surface area contributed by atoms with E-state index < -0.39 is 0 Å². The van der Waals surface area contributed by atoms with Gasteiger partial charge in [0, 0.05) is 43.4 Å². The van der Waals surface area contributed by atoms with Crippen LogP contribution in [-0.4, -0.2) is 62.8 Å². The van der Waals surface area contributed by atoms with Crippen molar-refractivity contribution in [3.05, 3.63) is 58.9 Å². The lowest BCUT2D eigenvalue weighted by Gasteiger charge is -2.29. The second-order valence-corrected chi connectivity index (χ2v) is 7.93. The van der Waals surface area contributed by atoms with Gasteiger partial charge in [-0.3, -0.25) is 9.69 Å². The first kappa shape index (κ1) is 21.4. The Kier molecular flexibility index (Phi) is 6.58.